The van der Waals surface area contributed by atoms with Gasteiger partial charge in [-0.3, -0.25) is 4.79 Å². The van der Waals surface area contributed by atoms with Crippen molar-refractivity contribution >= 4 is 46.7 Å². The molecule has 2 aliphatic rings. The number of anilines is 1. The van der Waals surface area contributed by atoms with Gasteiger partial charge in [-0.2, -0.15) is 13.2 Å². The van der Waals surface area contributed by atoms with Gasteiger partial charge in [0.2, 0.25) is 5.91 Å². The van der Waals surface area contributed by atoms with Crippen LogP contribution in [0, 0.1) is 5.92 Å². The molecule has 0 spiro atoms. The van der Waals surface area contributed by atoms with Crippen molar-refractivity contribution in [3.05, 3.63) is 58.1 Å². The zero-order valence-corrected chi connectivity index (χ0v) is 20.9. The fourth-order valence-corrected chi connectivity index (χ4v) is 6.35. The number of carbonyl (C=O) groups excluding carboxylic acids is 1. The molecule has 4 rings (SSSR count). The number of fused-ring (bicyclic) bond motifs is 2. The summed E-state index contributed by atoms with van der Waals surface area (Å²) in [6.45, 7) is 0.747. The zero-order chi connectivity index (χ0) is 24.5. The van der Waals surface area contributed by atoms with Crippen molar-refractivity contribution in [2.75, 3.05) is 24.4 Å². The van der Waals surface area contributed by atoms with E-state index in [1.807, 2.05) is 11.9 Å². The van der Waals surface area contributed by atoms with E-state index in [1.54, 1.807) is 28.6 Å². The van der Waals surface area contributed by atoms with E-state index < -0.39 is 11.7 Å². The minimum Gasteiger partial charge on any atom is -0.335 e. The smallest absolute Gasteiger partial charge is 0.335 e. The molecule has 184 valence electrons. The maximum absolute atomic E-state index is 13.6. The standard InChI is InChI=1S/C24H26Cl2F3N3OS/c1-30-13-15-2-6-18-7-11-21(15)32(18)23(33)14-31(34-19-8-4-17(25)5-9-19)22-12-16(24(27,28)29)3-10-20(22)26/h3-5,8-10,12,15,18,21,30H,2,6-7,11,13-14H2,1H3. The van der Waals surface area contributed by atoms with Gasteiger partial charge in [0.15, 0.2) is 0 Å². The van der Waals surface area contributed by atoms with E-state index in [1.165, 1.54) is 18.0 Å². The summed E-state index contributed by atoms with van der Waals surface area (Å²) in [4.78, 5) is 16.3. The molecule has 1 N–H and O–H groups in total. The minimum atomic E-state index is -4.52. The van der Waals surface area contributed by atoms with Crippen molar-refractivity contribution in [3.63, 3.8) is 0 Å². The molecule has 0 saturated carbocycles. The van der Waals surface area contributed by atoms with Gasteiger partial charge in [0, 0.05) is 22.0 Å². The number of piperidine rings is 1. The van der Waals surface area contributed by atoms with Crippen molar-refractivity contribution in [3.8, 4) is 0 Å². The molecule has 0 radical (unpaired) electrons. The fourth-order valence-electron chi connectivity index (χ4n) is 5.02. The van der Waals surface area contributed by atoms with E-state index in [-0.39, 0.29) is 35.2 Å². The number of benzene rings is 2. The Morgan fingerprint density at radius 1 is 1.12 bits per heavy atom. The number of alkyl halides is 3. The van der Waals surface area contributed by atoms with Gasteiger partial charge in [-0.15, -0.1) is 0 Å². The summed E-state index contributed by atoms with van der Waals surface area (Å²) in [5, 5.41) is 3.92. The Labute approximate surface area is 211 Å². The lowest BCUT2D eigenvalue weighted by atomic mass is 9.90. The summed E-state index contributed by atoms with van der Waals surface area (Å²) in [6.07, 6.45) is -0.582. The Morgan fingerprint density at radius 2 is 1.82 bits per heavy atom. The number of hydrogen-bond acceptors (Lipinski definition) is 4. The van der Waals surface area contributed by atoms with Crippen LogP contribution in [0.15, 0.2) is 47.4 Å². The lowest BCUT2D eigenvalue weighted by Gasteiger charge is -2.41. The SMILES string of the molecule is CNCC1CCC2CCC1N2C(=O)CN(Sc1ccc(Cl)cc1)c1cc(C(F)(F)F)ccc1Cl. The predicted molar refractivity (Wildman–Crippen MR) is 131 cm³/mol. The first-order valence-electron chi connectivity index (χ1n) is 11.2. The summed E-state index contributed by atoms with van der Waals surface area (Å²) in [6, 6.07) is 10.4. The molecule has 2 heterocycles. The van der Waals surface area contributed by atoms with Gasteiger partial charge in [0.1, 0.15) is 6.54 Å². The molecule has 3 unspecified atom stereocenters. The maximum Gasteiger partial charge on any atom is 0.416 e. The Morgan fingerprint density at radius 3 is 2.50 bits per heavy atom. The van der Waals surface area contributed by atoms with Gasteiger partial charge >= 0.3 is 6.18 Å². The van der Waals surface area contributed by atoms with Gasteiger partial charge < -0.3 is 14.5 Å². The average molecular weight is 532 g/mol. The number of nitrogens with zero attached hydrogens (tertiary/aromatic N) is 2. The van der Waals surface area contributed by atoms with Gasteiger partial charge in [-0.1, -0.05) is 23.2 Å². The molecule has 2 bridgehead atoms. The third kappa shape index (κ3) is 5.61. The highest BCUT2D eigenvalue weighted by Gasteiger charge is 2.44. The highest BCUT2D eigenvalue weighted by atomic mass is 35.5. The molecule has 2 saturated heterocycles. The molecular weight excluding hydrogens is 506 g/mol. The van der Waals surface area contributed by atoms with Crippen molar-refractivity contribution in [2.24, 2.45) is 5.92 Å². The first-order valence-corrected chi connectivity index (χ1v) is 12.7. The lowest BCUT2D eigenvalue weighted by Crippen LogP contribution is -2.52. The Bertz CT molecular complexity index is 1020. The van der Waals surface area contributed by atoms with Crippen LogP contribution in [0.2, 0.25) is 10.0 Å². The van der Waals surface area contributed by atoms with Crippen molar-refractivity contribution < 1.29 is 18.0 Å². The number of rotatable bonds is 7. The molecule has 2 aromatic carbocycles. The topological polar surface area (TPSA) is 35.6 Å². The van der Waals surface area contributed by atoms with E-state index in [9.17, 15) is 18.0 Å². The summed E-state index contributed by atoms with van der Waals surface area (Å²) >= 11 is 13.5. The Hall–Kier alpha value is -1.61. The molecule has 4 nitrogen and oxygen atoms in total. The predicted octanol–water partition coefficient (Wildman–Crippen LogP) is 6.51. The van der Waals surface area contributed by atoms with E-state index in [2.05, 4.69) is 5.32 Å². The molecule has 0 aliphatic carbocycles. The monoisotopic (exact) mass is 531 g/mol. The van der Waals surface area contributed by atoms with Crippen LogP contribution in [-0.2, 0) is 11.0 Å². The molecule has 10 heteroatoms. The molecule has 3 atom stereocenters. The number of halogens is 5. The maximum atomic E-state index is 13.6. The molecule has 1 amide bonds. The quantitative estimate of drug-likeness (QED) is 0.413. The average Bonchev–Trinajstić information content (AvgIpc) is 3.11. The van der Waals surface area contributed by atoms with Crippen LogP contribution in [-0.4, -0.2) is 43.0 Å². The second-order valence-corrected chi connectivity index (χ2v) is 10.7. The van der Waals surface area contributed by atoms with Gasteiger partial charge in [0.25, 0.3) is 0 Å². The largest absolute Gasteiger partial charge is 0.416 e. The van der Waals surface area contributed by atoms with E-state index >= 15 is 0 Å². The van der Waals surface area contributed by atoms with Crippen molar-refractivity contribution in [1.29, 1.82) is 0 Å². The number of carbonyl (C=O) groups is 1. The van der Waals surface area contributed by atoms with E-state index in [0.29, 0.717) is 10.9 Å². The minimum absolute atomic E-state index is 0.0897. The summed E-state index contributed by atoms with van der Waals surface area (Å²) in [7, 11) is 1.91. The lowest BCUT2D eigenvalue weighted by molar-refractivity contribution is -0.137. The van der Waals surface area contributed by atoms with Crippen LogP contribution in [0.5, 0.6) is 0 Å². The third-order valence-corrected chi connectivity index (χ3v) is 8.17. The molecule has 2 aliphatic heterocycles. The van der Waals surface area contributed by atoms with Gasteiger partial charge in [-0.25, -0.2) is 0 Å². The highest BCUT2D eigenvalue weighted by molar-refractivity contribution is 8.00. The molecular formula is C24H26Cl2F3N3OS. The van der Waals surface area contributed by atoms with Crippen molar-refractivity contribution in [1.82, 2.24) is 10.2 Å². The van der Waals surface area contributed by atoms with E-state index in [4.69, 9.17) is 23.2 Å². The number of amides is 1. The Balaban J connectivity index is 1.64. The van der Waals surface area contributed by atoms with Crippen LogP contribution >= 0.6 is 35.1 Å². The molecule has 2 aromatic rings. The van der Waals surface area contributed by atoms with Crippen LogP contribution in [0.25, 0.3) is 0 Å². The Kier molecular flexibility index (Phi) is 7.92. The molecule has 34 heavy (non-hydrogen) atoms. The normalized spacial score (nSPS) is 22.2. The number of nitrogens with one attached hydrogen (secondary N) is 1. The highest BCUT2D eigenvalue weighted by Crippen LogP contribution is 2.42. The summed E-state index contributed by atoms with van der Waals surface area (Å²) < 4.78 is 41.9. The molecule has 0 aromatic heterocycles. The second kappa shape index (κ2) is 10.6. The second-order valence-electron chi connectivity index (χ2n) is 8.74. The first kappa shape index (κ1) is 25.5. The van der Waals surface area contributed by atoms with Crippen LogP contribution in [0.1, 0.15) is 31.2 Å². The van der Waals surface area contributed by atoms with Crippen molar-refractivity contribution in [2.45, 2.75) is 48.8 Å². The van der Waals surface area contributed by atoms with Crippen LogP contribution < -0.4 is 9.62 Å². The van der Waals surface area contributed by atoms with Gasteiger partial charge in [0.05, 0.1) is 16.3 Å². The number of hydrogen-bond donors (Lipinski definition) is 1. The first-order chi connectivity index (χ1) is 16.2. The van der Waals surface area contributed by atoms with Gasteiger partial charge in [-0.05, 0) is 99.6 Å². The summed E-state index contributed by atoms with van der Waals surface area (Å²) in [5.74, 6) is 0.283. The van der Waals surface area contributed by atoms with Crippen LogP contribution in [0.3, 0.4) is 0 Å². The van der Waals surface area contributed by atoms with Crippen LogP contribution in [0.4, 0.5) is 18.9 Å². The molecule has 2 fully saturated rings. The zero-order valence-electron chi connectivity index (χ0n) is 18.6. The summed E-state index contributed by atoms with van der Waals surface area (Å²) in [5.41, 5.74) is -0.658. The third-order valence-electron chi connectivity index (χ3n) is 6.57. The van der Waals surface area contributed by atoms with E-state index in [0.717, 1.165) is 49.3 Å². The fraction of sp³-hybridized carbons (Fsp3) is 0.458.